The second-order valence-electron chi connectivity index (χ2n) is 7.45. The van der Waals surface area contributed by atoms with Gasteiger partial charge in [-0.25, -0.2) is 0 Å². The molecule has 0 saturated carbocycles. The molecule has 0 amide bonds. The highest BCUT2D eigenvalue weighted by atomic mass is 32.4. The maximum Gasteiger partial charge on any atom is 0.115 e. The van der Waals surface area contributed by atoms with E-state index >= 15 is 0 Å². The van der Waals surface area contributed by atoms with Crippen molar-refractivity contribution in [2.24, 2.45) is 0 Å². The highest BCUT2D eigenvalue weighted by Crippen LogP contribution is 2.46. The van der Waals surface area contributed by atoms with Crippen molar-refractivity contribution in [3.8, 4) is 0 Å². The van der Waals surface area contributed by atoms with Gasteiger partial charge >= 0.3 is 0 Å². The van der Waals surface area contributed by atoms with E-state index in [0.29, 0.717) is 9.49 Å². The van der Waals surface area contributed by atoms with Crippen molar-refractivity contribution in [3.05, 3.63) is 0 Å². The van der Waals surface area contributed by atoms with Gasteiger partial charge < -0.3 is 0 Å². The van der Waals surface area contributed by atoms with E-state index in [1.807, 2.05) is 0 Å². The van der Waals surface area contributed by atoms with Crippen LogP contribution in [0.3, 0.4) is 0 Å². The predicted octanol–water partition coefficient (Wildman–Crippen LogP) is 5.54. The van der Waals surface area contributed by atoms with Gasteiger partial charge in [0.2, 0.25) is 0 Å². The normalized spacial score (nSPS) is 15.4. The second kappa shape index (κ2) is 5.02. The summed E-state index contributed by atoms with van der Waals surface area (Å²) in [4.78, 5) is 0. The van der Waals surface area contributed by atoms with Crippen LogP contribution in [-0.2, 0) is 0 Å². The minimum atomic E-state index is -1.16. The summed E-state index contributed by atoms with van der Waals surface area (Å²) in [6, 6.07) is 0. The van der Waals surface area contributed by atoms with Crippen molar-refractivity contribution >= 4 is 35.9 Å². The Morgan fingerprint density at radius 3 is 0.875 bits per heavy atom. The van der Waals surface area contributed by atoms with Crippen LogP contribution in [0.2, 0.25) is 26.2 Å². The third kappa shape index (κ3) is 6.17. The largest absolute Gasteiger partial charge is 0.182 e. The Balaban J connectivity index is 4.85. The van der Waals surface area contributed by atoms with Gasteiger partial charge in [-0.3, -0.25) is 0 Å². The monoisotopic (exact) mass is 294 g/mol. The molecule has 16 heavy (non-hydrogen) atoms. The SMILES string of the molecule is CC(C)(C)S[Si](C)(C)[Si](C)(C)SC(C)(C)C. The predicted molar refractivity (Wildman–Crippen MR) is 89.7 cm³/mol. The number of rotatable bonds is 3. The van der Waals surface area contributed by atoms with Crippen LogP contribution in [0, 0.1) is 0 Å². The first-order valence-electron chi connectivity index (χ1n) is 6.07. The van der Waals surface area contributed by atoms with Crippen LogP contribution in [0.5, 0.6) is 0 Å². The smallest absolute Gasteiger partial charge is 0.115 e. The first kappa shape index (κ1) is 17.1. The van der Waals surface area contributed by atoms with Gasteiger partial charge in [0, 0.05) is 9.49 Å². The van der Waals surface area contributed by atoms with Crippen molar-refractivity contribution in [1.82, 2.24) is 0 Å². The summed E-state index contributed by atoms with van der Waals surface area (Å²) in [5, 5.41) is 0. The van der Waals surface area contributed by atoms with Crippen LogP contribution in [-0.4, -0.2) is 23.0 Å². The molecule has 0 rings (SSSR count). The minimum Gasteiger partial charge on any atom is -0.182 e. The van der Waals surface area contributed by atoms with Crippen molar-refractivity contribution in [1.29, 1.82) is 0 Å². The van der Waals surface area contributed by atoms with Crippen molar-refractivity contribution in [3.63, 3.8) is 0 Å². The van der Waals surface area contributed by atoms with E-state index in [1.165, 1.54) is 0 Å². The van der Waals surface area contributed by atoms with E-state index < -0.39 is 13.5 Å². The molecule has 0 aromatic heterocycles. The topological polar surface area (TPSA) is 0 Å². The first-order chi connectivity index (χ1) is 6.66. The number of hydrogen-bond donors (Lipinski definition) is 0. The van der Waals surface area contributed by atoms with Gasteiger partial charge in [0.05, 0.1) is 0 Å². The summed E-state index contributed by atoms with van der Waals surface area (Å²) in [6.45, 7) is 22.2. The zero-order valence-corrected chi connectivity index (χ0v) is 16.4. The quantitative estimate of drug-likeness (QED) is 0.627. The Hall–Kier alpha value is 1.13. The zero-order chi connectivity index (χ0) is 13.4. The molecule has 0 heterocycles. The Bertz CT molecular complexity index is 208. The summed E-state index contributed by atoms with van der Waals surface area (Å²) in [5.41, 5.74) is 0. The fourth-order valence-corrected chi connectivity index (χ4v) is 28.2. The lowest BCUT2D eigenvalue weighted by Gasteiger charge is -2.44. The molecular formula is C12H30S2Si2. The molecule has 0 radical (unpaired) electrons. The van der Waals surface area contributed by atoms with Crippen LogP contribution in [0.25, 0.3) is 0 Å². The Kier molecular flexibility index (Phi) is 5.37. The van der Waals surface area contributed by atoms with E-state index in [9.17, 15) is 0 Å². The Morgan fingerprint density at radius 2 is 0.750 bits per heavy atom. The standard InChI is InChI=1S/C12H30S2Si2/c1-11(2,3)13-15(7,8)16(9,10)14-12(4,5)6/h1-10H3. The zero-order valence-electron chi connectivity index (χ0n) is 12.8. The second-order valence-corrected chi connectivity index (χ2v) is 33.4. The van der Waals surface area contributed by atoms with E-state index in [2.05, 4.69) is 90.2 Å². The molecular weight excluding hydrogens is 264 g/mol. The summed E-state index contributed by atoms with van der Waals surface area (Å²) in [6.07, 6.45) is 0. The maximum atomic E-state index is 2.58. The van der Waals surface area contributed by atoms with Gasteiger partial charge in [-0.2, -0.15) is 22.4 Å². The molecule has 0 aliphatic rings. The molecule has 0 aromatic rings. The number of hydrogen-bond acceptors (Lipinski definition) is 2. The van der Waals surface area contributed by atoms with E-state index in [0.717, 1.165) is 0 Å². The fourth-order valence-electron chi connectivity index (χ4n) is 1.78. The summed E-state index contributed by atoms with van der Waals surface area (Å²) in [7, 11) is 0. The fraction of sp³-hybridized carbons (Fsp3) is 1.00. The van der Waals surface area contributed by atoms with E-state index in [1.54, 1.807) is 0 Å². The Morgan fingerprint density at radius 1 is 0.562 bits per heavy atom. The molecule has 0 N–H and O–H groups in total. The average molecular weight is 295 g/mol. The third-order valence-electron chi connectivity index (χ3n) is 2.57. The van der Waals surface area contributed by atoms with Gasteiger partial charge in [0.25, 0.3) is 0 Å². The lowest BCUT2D eigenvalue weighted by atomic mass is 10.3. The summed E-state index contributed by atoms with van der Waals surface area (Å²) >= 11 is 4.57. The lowest BCUT2D eigenvalue weighted by molar-refractivity contribution is 0.808. The molecule has 0 nitrogen and oxygen atoms in total. The minimum absolute atomic E-state index is 0.415. The van der Waals surface area contributed by atoms with Gasteiger partial charge in [0.15, 0.2) is 0 Å². The molecule has 4 heteroatoms. The molecule has 0 aliphatic heterocycles. The molecule has 0 fully saturated rings. The highest BCUT2D eigenvalue weighted by Gasteiger charge is 2.46. The van der Waals surface area contributed by atoms with Crippen LogP contribution >= 0.6 is 22.4 Å². The van der Waals surface area contributed by atoms with Gasteiger partial charge in [-0.05, 0) is 0 Å². The van der Waals surface area contributed by atoms with Crippen molar-refractivity contribution < 1.29 is 0 Å². The molecule has 0 spiro atoms. The van der Waals surface area contributed by atoms with Crippen LogP contribution < -0.4 is 0 Å². The molecule has 0 atom stereocenters. The molecule has 98 valence electrons. The highest BCUT2D eigenvalue weighted by molar-refractivity contribution is 8.50. The molecule has 0 saturated heterocycles. The van der Waals surface area contributed by atoms with E-state index in [4.69, 9.17) is 0 Å². The van der Waals surface area contributed by atoms with Gasteiger partial charge in [-0.15, -0.1) is 0 Å². The summed E-state index contributed by atoms with van der Waals surface area (Å²) in [5.74, 6) is 0. The molecule has 0 aliphatic carbocycles. The first-order valence-corrected chi connectivity index (χ1v) is 16.1. The van der Waals surface area contributed by atoms with Crippen LogP contribution in [0.4, 0.5) is 0 Å². The summed E-state index contributed by atoms with van der Waals surface area (Å²) < 4.78 is 0.830. The average Bonchev–Trinajstić information content (AvgIpc) is 1.72. The molecule has 0 bridgehead atoms. The molecule has 0 aromatic carbocycles. The Labute approximate surface area is 113 Å². The van der Waals surface area contributed by atoms with Gasteiger partial charge in [0.1, 0.15) is 13.5 Å². The van der Waals surface area contributed by atoms with E-state index in [-0.39, 0.29) is 0 Å². The third-order valence-corrected chi connectivity index (χ3v) is 35.3. The van der Waals surface area contributed by atoms with Crippen molar-refractivity contribution in [2.45, 2.75) is 77.2 Å². The van der Waals surface area contributed by atoms with Crippen LogP contribution in [0.1, 0.15) is 41.5 Å². The molecule has 0 unspecified atom stereocenters. The van der Waals surface area contributed by atoms with Crippen molar-refractivity contribution in [2.75, 3.05) is 0 Å². The van der Waals surface area contributed by atoms with Crippen LogP contribution in [0.15, 0.2) is 0 Å². The van der Waals surface area contributed by atoms with Gasteiger partial charge in [-0.1, -0.05) is 67.7 Å². The lowest BCUT2D eigenvalue weighted by Crippen LogP contribution is -2.53. The maximum absolute atomic E-state index is 2.58.